The van der Waals surface area contributed by atoms with Gasteiger partial charge >= 0.3 is 0 Å². The van der Waals surface area contributed by atoms with Crippen LogP contribution in [0.5, 0.6) is 5.75 Å². The Morgan fingerprint density at radius 3 is 2.64 bits per heavy atom. The fourth-order valence-corrected chi connectivity index (χ4v) is 4.15. The summed E-state index contributed by atoms with van der Waals surface area (Å²) in [6.07, 6.45) is 5.45. The summed E-state index contributed by atoms with van der Waals surface area (Å²) >= 11 is 0. The molecule has 25 heavy (non-hydrogen) atoms. The number of rotatable bonds is 6. The molecular formula is C19H29ClN2O3. The standard InChI is InChI=1S/C19H28N2O3.ClH/c1-23-8-9-24-17-7-3-6-16(12-17)21-19(22)15-10-13-4-2-5-14(11-15)18(13)20;/h3,6-7,12-15,18H,2,4-5,8-11,20H2,1H3,(H,21,22);1H. The van der Waals surface area contributed by atoms with Crippen molar-refractivity contribution in [3.8, 4) is 5.75 Å². The lowest BCUT2D eigenvalue weighted by Gasteiger charge is -2.43. The molecule has 2 bridgehead atoms. The molecule has 3 N–H and O–H groups in total. The molecular weight excluding hydrogens is 340 g/mol. The number of methoxy groups -OCH3 is 1. The molecule has 2 unspecified atom stereocenters. The van der Waals surface area contributed by atoms with Crippen LogP contribution in [0.25, 0.3) is 0 Å². The van der Waals surface area contributed by atoms with Crippen molar-refractivity contribution in [1.82, 2.24) is 0 Å². The van der Waals surface area contributed by atoms with Crippen LogP contribution >= 0.6 is 12.4 Å². The minimum atomic E-state index is 0. The first kappa shape index (κ1) is 20.0. The summed E-state index contributed by atoms with van der Waals surface area (Å²) in [5.41, 5.74) is 7.11. The molecule has 0 aromatic heterocycles. The van der Waals surface area contributed by atoms with Crippen molar-refractivity contribution < 1.29 is 14.3 Å². The van der Waals surface area contributed by atoms with Crippen molar-refractivity contribution in [2.45, 2.75) is 38.1 Å². The highest BCUT2D eigenvalue weighted by Gasteiger charge is 2.40. The second-order valence-electron chi connectivity index (χ2n) is 7.06. The Labute approximate surface area is 156 Å². The summed E-state index contributed by atoms with van der Waals surface area (Å²) in [7, 11) is 1.64. The van der Waals surface area contributed by atoms with E-state index in [0.29, 0.717) is 31.1 Å². The molecule has 1 aromatic carbocycles. The Hall–Kier alpha value is -1.30. The number of carbonyl (C=O) groups is 1. The average molecular weight is 369 g/mol. The van der Waals surface area contributed by atoms with Gasteiger partial charge in [-0.25, -0.2) is 0 Å². The van der Waals surface area contributed by atoms with Gasteiger partial charge in [0, 0.05) is 30.8 Å². The van der Waals surface area contributed by atoms with E-state index in [4.69, 9.17) is 15.2 Å². The van der Waals surface area contributed by atoms with Crippen LogP contribution in [0.3, 0.4) is 0 Å². The molecule has 2 aliphatic rings. The van der Waals surface area contributed by atoms with Crippen LogP contribution in [0.2, 0.25) is 0 Å². The molecule has 3 rings (SSSR count). The Morgan fingerprint density at radius 2 is 1.96 bits per heavy atom. The first-order valence-corrected chi connectivity index (χ1v) is 8.95. The van der Waals surface area contributed by atoms with E-state index in [0.717, 1.165) is 24.3 Å². The molecule has 0 radical (unpaired) electrons. The van der Waals surface area contributed by atoms with Gasteiger partial charge in [-0.2, -0.15) is 0 Å². The normalized spacial score (nSPS) is 27.9. The van der Waals surface area contributed by atoms with Crippen LogP contribution in [-0.2, 0) is 9.53 Å². The van der Waals surface area contributed by atoms with Gasteiger partial charge < -0.3 is 20.5 Å². The molecule has 1 amide bonds. The van der Waals surface area contributed by atoms with E-state index in [1.807, 2.05) is 24.3 Å². The molecule has 2 saturated carbocycles. The zero-order chi connectivity index (χ0) is 16.9. The van der Waals surface area contributed by atoms with E-state index in [1.165, 1.54) is 19.3 Å². The maximum absolute atomic E-state index is 12.7. The SMILES string of the molecule is COCCOc1cccc(NC(=O)C2CC3CCCC(C2)C3N)c1.Cl. The fourth-order valence-electron chi connectivity index (χ4n) is 4.15. The Bertz CT molecular complexity index is 555. The molecule has 1 aromatic rings. The van der Waals surface area contributed by atoms with Gasteiger partial charge in [0.15, 0.2) is 0 Å². The van der Waals surface area contributed by atoms with Crippen LogP contribution < -0.4 is 15.8 Å². The van der Waals surface area contributed by atoms with Crippen LogP contribution in [0.4, 0.5) is 5.69 Å². The van der Waals surface area contributed by atoms with Crippen LogP contribution in [0.1, 0.15) is 32.1 Å². The molecule has 2 aliphatic carbocycles. The van der Waals surface area contributed by atoms with Gasteiger partial charge in [0.1, 0.15) is 12.4 Å². The van der Waals surface area contributed by atoms with Gasteiger partial charge in [0.05, 0.1) is 6.61 Å². The number of amides is 1. The maximum atomic E-state index is 12.7. The number of halogens is 1. The van der Waals surface area contributed by atoms with E-state index >= 15 is 0 Å². The lowest BCUT2D eigenvalue weighted by Crippen LogP contribution is -2.48. The van der Waals surface area contributed by atoms with E-state index in [2.05, 4.69) is 5.32 Å². The molecule has 6 heteroatoms. The maximum Gasteiger partial charge on any atom is 0.227 e. The first-order valence-electron chi connectivity index (χ1n) is 8.95. The molecule has 140 valence electrons. The lowest BCUT2D eigenvalue weighted by atomic mass is 9.65. The van der Waals surface area contributed by atoms with Gasteiger partial charge in [-0.15, -0.1) is 12.4 Å². The van der Waals surface area contributed by atoms with Gasteiger partial charge in [0.2, 0.25) is 5.91 Å². The highest BCUT2D eigenvalue weighted by atomic mass is 35.5. The second-order valence-corrected chi connectivity index (χ2v) is 7.06. The number of nitrogens with one attached hydrogen (secondary N) is 1. The number of anilines is 1. The number of hydrogen-bond acceptors (Lipinski definition) is 4. The summed E-state index contributed by atoms with van der Waals surface area (Å²) < 4.78 is 10.6. The van der Waals surface area contributed by atoms with E-state index in [1.54, 1.807) is 7.11 Å². The smallest absolute Gasteiger partial charge is 0.227 e. The number of hydrogen-bond donors (Lipinski definition) is 2. The van der Waals surface area contributed by atoms with Gasteiger partial charge in [0.25, 0.3) is 0 Å². The van der Waals surface area contributed by atoms with Crippen molar-refractivity contribution in [3.63, 3.8) is 0 Å². The van der Waals surface area contributed by atoms with Crippen molar-refractivity contribution >= 4 is 24.0 Å². The minimum absolute atomic E-state index is 0. The highest BCUT2D eigenvalue weighted by molar-refractivity contribution is 5.92. The molecule has 2 fully saturated rings. The number of nitrogens with two attached hydrogens (primary N) is 1. The Kier molecular flexibility index (Phi) is 7.54. The number of ether oxygens (including phenoxy) is 2. The quantitative estimate of drug-likeness (QED) is 0.756. The van der Waals surface area contributed by atoms with E-state index in [9.17, 15) is 4.79 Å². The summed E-state index contributed by atoms with van der Waals surface area (Å²) in [5, 5.41) is 3.06. The van der Waals surface area contributed by atoms with Gasteiger partial charge in [-0.05, 0) is 49.7 Å². The van der Waals surface area contributed by atoms with Crippen molar-refractivity contribution in [3.05, 3.63) is 24.3 Å². The van der Waals surface area contributed by atoms with Crippen LogP contribution in [0.15, 0.2) is 24.3 Å². The summed E-state index contributed by atoms with van der Waals surface area (Å²) in [4.78, 5) is 12.7. The van der Waals surface area contributed by atoms with Crippen molar-refractivity contribution in [1.29, 1.82) is 0 Å². The van der Waals surface area contributed by atoms with E-state index in [-0.39, 0.29) is 24.2 Å². The monoisotopic (exact) mass is 368 g/mol. The zero-order valence-corrected chi connectivity index (χ0v) is 15.6. The molecule has 0 spiro atoms. The van der Waals surface area contributed by atoms with Gasteiger partial charge in [-0.3, -0.25) is 4.79 Å². The van der Waals surface area contributed by atoms with Crippen LogP contribution in [0, 0.1) is 17.8 Å². The molecule has 0 aliphatic heterocycles. The summed E-state index contributed by atoms with van der Waals surface area (Å²) in [6.45, 7) is 1.04. The lowest BCUT2D eigenvalue weighted by molar-refractivity contribution is -0.122. The summed E-state index contributed by atoms with van der Waals surface area (Å²) in [6, 6.07) is 7.83. The Morgan fingerprint density at radius 1 is 1.24 bits per heavy atom. The first-order chi connectivity index (χ1) is 11.7. The topological polar surface area (TPSA) is 73.6 Å². The van der Waals surface area contributed by atoms with E-state index < -0.39 is 0 Å². The highest BCUT2D eigenvalue weighted by Crippen LogP contribution is 2.42. The van der Waals surface area contributed by atoms with Gasteiger partial charge in [-0.1, -0.05) is 12.5 Å². The summed E-state index contributed by atoms with van der Waals surface area (Å²) in [5.74, 6) is 1.97. The van der Waals surface area contributed by atoms with Crippen molar-refractivity contribution in [2.75, 3.05) is 25.6 Å². The fraction of sp³-hybridized carbons (Fsp3) is 0.632. The largest absolute Gasteiger partial charge is 0.491 e. The third-order valence-corrected chi connectivity index (χ3v) is 5.44. The number of benzene rings is 1. The predicted molar refractivity (Wildman–Crippen MR) is 101 cm³/mol. The predicted octanol–water partition coefficient (Wildman–Crippen LogP) is 3.23. The van der Waals surface area contributed by atoms with Crippen molar-refractivity contribution in [2.24, 2.45) is 23.5 Å². The molecule has 2 atom stereocenters. The second kappa shape index (κ2) is 9.41. The molecule has 0 heterocycles. The molecule has 5 nitrogen and oxygen atoms in total. The zero-order valence-electron chi connectivity index (χ0n) is 14.8. The van der Waals surface area contributed by atoms with Crippen LogP contribution in [-0.4, -0.2) is 32.3 Å². The average Bonchev–Trinajstić information content (AvgIpc) is 2.55. The third kappa shape index (κ3) is 5.09. The number of carbonyl (C=O) groups excluding carboxylic acids is 1. The third-order valence-electron chi connectivity index (χ3n) is 5.44. The number of fused-ring (bicyclic) bond motifs is 2. The minimum Gasteiger partial charge on any atom is -0.491 e. The molecule has 0 saturated heterocycles. The Balaban J connectivity index is 0.00000225.